The van der Waals surface area contributed by atoms with E-state index in [-0.39, 0.29) is 0 Å². The second kappa shape index (κ2) is 8.58. The number of aryl methyl sites for hydroxylation is 1. The lowest BCUT2D eigenvalue weighted by Crippen LogP contribution is -2.38. The topological polar surface area (TPSA) is 51.9 Å². The molecule has 168 valence electrons. The molecule has 5 rings (SSSR count). The lowest BCUT2D eigenvalue weighted by atomic mass is 9.97. The van der Waals surface area contributed by atoms with Gasteiger partial charge in [0.1, 0.15) is 0 Å². The van der Waals surface area contributed by atoms with Gasteiger partial charge in [-0.25, -0.2) is 9.50 Å². The van der Waals surface area contributed by atoms with Crippen molar-refractivity contribution in [2.75, 3.05) is 13.7 Å². The van der Waals surface area contributed by atoms with Crippen LogP contribution in [0.5, 0.6) is 11.5 Å². The Kier molecular flexibility index (Phi) is 5.64. The van der Waals surface area contributed by atoms with Gasteiger partial charge in [-0.1, -0.05) is 19.1 Å². The largest absolute Gasteiger partial charge is 0.493 e. The Morgan fingerprint density at radius 2 is 2.12 bits per heavy atom. The standard InChI is InChI=1S/C26H32N4O2/c1-5-7-19-12-18(13-24(31-4)26(19)32-10-6-2)16-29-20-8-9-22(29)21-15-27-25-11-17(3)28-30(25)23(21)14-20/h5,11-13,15,20,22H,1,6-10,14,16H2,2-4H3. The fourth-order valence-electron chi connectivity index (χ4n) is 5.40. The highest BCUT2D eigenvalue weighted by Crippen LogP contribution is 2.45. The van der Waals surface area contributed by atoms with Gasteiger partial charge in [0.2, 0.25) is 0 Å². The number of hydrogen-bond acceptors (Lipinski definition) is 5. The van der Waals surface area contributed by atoms with Crippen LogP contribution in [-0.2, 0) is 19.4 Å². The van der Waals surface area contributed by atoms with Crippen LogP contribution in [0.15, 0.2) is 37.1 Å². The molecular formula is C26H32N4O2. The van der Waals surface area contributed by atoms with Gasteiger partial charge in [0, 0.05) is 48.4 Å². The summed E-state index contributed by atoms with van der Waals surface area (Å²) in [5.74, 6) is 1.67. The molecular weight excluding hydrogens is 400 g/mol. The van der Waals surface area contributed by atoms with E-state index in [9.17, 15) is 0 Å². The van der Waals surface area contributed by atoms with E-state index in [0.29, 0.717) is 18.7 Å². The molecule has 0 saturated carbocycles. The second-order valence-corrected chi connectivity index (χ2v) is 8.97. The van der Waals surface area contributed by atoms with E-state index in [1.54, 1.807) is 7.11 Å². The number of fused-ring (bicyclic) bond motifs is 6. The summed E-state index contributed by atoms with van der Waals surface area (Å²) in [6, 6.07) is 7.37. The highest BCUT2D eigenvalue weighted by Gasteiger charge is 2.41. The Bertz CT molecular complexity index is 1150. The lowest BCUT2D eigenvalue weighted by Gasteiger charge is -2.36. The molecule has 0 amide bonds. The van der Waals surface area contributed by atoms with Gasteiger partial charge in [0.05, 0.1) is 25.1 Å². The van der Waals surface area contributed by atoms with Crippen molar-refractivity contribution in [1.82, 2.24) is 19.5 Å². The molecule has 2 bridgehead atoms. The van der Waals surface area contributed by atoms with Crippen molar-refractivity contribution in [2.24, 2.45) is 0 Å². The summed E-state index contributed by atoms with van der Waals surface area (Å²) in [7, 11) is 1.72. The molecule has 4 heterocycles. The highest BCUT2D eigenvalue weighted by atomic mass is 16.5. The van der Waals surface area contributed by atoms with Crippen LogP contribution in [0, 0.1) is 6.92 Å². The smallest absolute Gasteiger partial charge is 0.164 e. The molecule has 2 atom stereocenters. The van der Waals surface area contributed by atoms with E-state index >= 15 is 0 Å². The monoisotopic (exact) mass is 432 g/mol. The lowest BCUT2D eigenvalue weighted by molar-refractivity contribution is 0.165. The first-order valence-corrected chi connectivity index (χ1v) is 11.7. The van der Waals surface area contributed by atoms with Crippen LogP contribution in [0.3, 0.4) is 0 Å². The van der Waals surface area contributed by atoms with E-state index in [1.807, 2.05) is 13.0 Å². The number of methoxy groups -OCH3 is 1. The summed E-state index contributed by atoms with van der Waals surface area (Å²) in [5, 5.41) is 4.72. The quantitative estimate of drug-likeness (QED) is 0.478. The summed E-state index contributed by atoms with van der Waals surface area (Å²) in [5.41, 5.74) is 7.04. The van der Waals surface area contributed by atoms with Crippen LogP contribution in [0.4, 0.5) is 0 Å². The number of benzene rings is 1. The maximum absolute atomic E-state index is 6.05. The molecule has 0 N–H and O–H groups in total. The van der Waals surface area contributed by atoms with Gasteiger partial charge in [-0.2, -0.15) is 5.10 Å². The maximum atomic E-state index is 6.05. The highest BCUT2D eigenvalue weighted by molar-refractivity contribution is 5.51. The van der Waals surface area contributed by atoms with Crippen molar-refractivity contribution in [2.45, 2.75) is 64.6 Å². The van der Waals surface area contributed by atoms with Gasteiger partial charge < -0.3 is 9.47 Å². The molecule has 1 aromatic carbocycles. The zero-order chi connectivity index (χ0) is 22.2. The third-order valence-electron chi connectivity index (χ3n) is 6.76. The van der Waals surface area contributed by atoms with Crippen molar-refractivity contribution >= 4 is 5.65 Å². The Hall–Kier alpha value is -2.86. The molecule has 0 radical (unpaired) electrons. The third kappa shape index (κ3) is 3.56. The number of ether oxygens (including phenoxy) is 2. The minimum Gasteiger partial charge on any atom is -0.493 e. The van der Waals surface area contributed by atoms with E-state index in [0.717, 1.165) is 54.2 Å². The van der Waals surface area contributed by atoms with E-state index < -0.39 is 0 Å². The minimum atomic E-state index is 0.384. The zero-order valence-corrected chi connectivity index (χ0v) is 19.3. The van der Waals surface area contributed by atoms with Gasteiger partial charge >= 0.3 is 0 Å². The summed E-state index contributed by atoms with van der Waals surface area (Å²) in [6.07, 6.45) is 9.12. The number of hydrogen-bond donors (Lipinski definition) is 0. The fourth-order valence-corrected chi connectivity index (χ4v) is 5.40. The Labute approximate surface area is 189 Å². The van der Waals surface area contributed by atoms with Gasteiger partial charge in [0.15, 0.2) is 17.1 Å². The summed E-state index contributed by atoms with van der Waals surface area (Å²) in [6.45, 7) is 9.66. The average molecular weight is 433 g/mol. The Morgan fingerprint density at radius 1 is 1.25 bits per heavy atom. The van der Waals surface area contributed by atoms with Gasteiger partial charge in [-0.3, -0.25) is 4.90 Å². The Balaban J connectivity index is 1.47. The molecule has 6 nitrogen and oxygen atoms in total. The second-order valence-electron chi connectivity index (χ2n) is 8.97. The number of rotatable bonds is 8. The SMILES string of the molecule is C=CCc1cc(CN2C3CCC2c2cnc4cc(C)nn4c2C3)cc(OC)c1OCCC. The molecule has 0 aliphatic carbocycles. The number of nitrogens with zero attached hydrogens (tertiary/aromatic N) is 4. The fraction of sp³-hybridized carbons (Fsp3) is 0.462. The molecule has 32 heavy (non-hydrogen) atoms. The van der Waals surface area contributed by atoms with Crippen LogP contribution in [0.1, 0.15) is 60.3 Å². The van der Waals surface area contributed by atoms with Crippen molar-refractivity contribution in [3.05, 3.63) is 65.1 Å². The van der Waals surface area contributed by atoms with Crippen LogP contribution in [0.2, 0.25) is 0 Å². The maximum Gasteiger partial charge on any atom is 0.164 e. The molecule has 1 fully saturated rings. The van der Waals surface area contributed by atoms with Crippen LogP contribution >= 0.6 is 0 Å². The van der Waals surface area contributed by atoms with Crippen molar-refractivity contribution in [3.8, 4) is 11.5 Å². The van der Waals surface area contributed by atoms with Crippen molar-refractivity contribution < 1.29 is 9.47 Å². The molecule has 0 spiro atoms. The summed E-state index contributed by atoms with van der Waals surface area (Å²) >= 11 is 0. The molecule has 2 aromatic heterocycles. The molecule has 2 aliphatic heterocycles. The van der Waals surface area contributed by atoms with E-state index in [1.165, 1.54) is 29.7 Å². The predicted octanol–water partition coefficient (Wildman–Crippen LogP) is 4.83. The number of aromatic nitrogens is 3. The van der Waals surface area contributed by atoms with Crippen molar-refractivity contribution in [1.29, 1.82) is 0 Å². The Morgan fingerprint density at radius 3 is 2.91 bits per heavy atom. The molecule has 6 heteroatoms. The zero-order valence-electron chi connectivity index (χ0n) is 19.3. The molecule has 3 aromatic rings. The van der Waals surface area contributed by atoms with E-state index in [2.05, 4.69) is 47.3 Å². The summed E-state index contributed by atoms with van der Waals surface area (Å²) < 4.78 is 13.8. The average Bonchev–Trinajstić information content (AvgIpc) is 3.30. The minimum absolute atomic E-state index is 0.384. The third-order valence-corrected chi connectivity index (χ3v) is 6.76. The molecule has 1 saturated heterocycles. The van der Waals surface area contributed by atoms with Crippen LogP contribution in [-0.4, -0.2) is 39.3 Å². The summed E-state index contributed by atoms with van der Waals surface area (Å²) in [4.78, 5) is 7.35. The van der Waals surface area contributed by atoms with Crippen LogP contribution < -0.4 is 9.47 Å². The van der Waals surface area contributed by atoms with Gasteiger partial charge in [-0.15, -0.1) is 6.58 Å². The molecule has 2 aliphatic rings. The normalized spacial score (nSPS) is 19.8. The molecule has 2 unspecified atom stereocenters. The van der Waals surface area contributed by atoms with Gasteiger partial charge in [-0.05, 0) is 44.2 Å². The van der Waals surface area contributed by atoms with Crippen molar-refractivity contribution in [3.63, 3.8) is 0 Å². The van der Waals surface area contributed by atoms with Gasteiger partial charge in [0.25, 0.3) is 0 Å². The first kappa shape index (κ1) is 21.0. The predicted molar refractivity (Wildman–Crippen MR) is 125 cm³/mol. The first-order valence-electron chi connectivity index (χ1n) is 11.7. The first-order chi connectivity index (χ1) is 15.6. The van der Waals surface area contributed by atoms with Crippen LogP contribution in [0.25, 0.3) is 5.65 Å². The van der Waals surface area contributed by atoms with E-state index in [4.69, 9.17) is 19.6 Å². The number of allylic oxidation sites excluding steroid dienone is 1.